The van der Waals surface area contributed by atoms with E-state index in [1.807, 2.05) is 0 Å². The van der Waals surface area contributed by atoms with Crippen molar-refractivity contribution in [2.75, 3.05) is 0 Å². The van der Waals surface area contributed by atoms with E-state index in [1.54, 1.807) is 30.7 Å². The zero-order valence-electron chi connectivity index (χ0n) is 10.9. The van der Waals surface area contributed by atoms with Crippen molar-refractivity contribution in [3.8, 4) is 0 Å². The Morgan fingerprint density at radius 3 is 2.53 bits per heavy atom. The molecule has 1 aromatic carbocycles. The molecule has 0 spiro atoms. The highest BCUT2D eigenvalue weighted by molar-refractivity contribution is 5.87. The second-order valence-electron chi connectivity index (χ2n) is 4.44. The third-order valence-corrected chi connectivity index (χ3v) is 3.16. The van der Waals surface area contributed by atoms with E-state index in [0.29, 0.717) is 24.4 Å². The summed E-state index contributed by atoms with van der Waals surface area (Å²) in [5.74, 6) is -0.577. The monoisotopic (exact) mass is 262 g/mol. The first kappa shape index (κ1) is 13.3. The van der Waals surface area contributed by atoms with E-state index < -0.39 is 5.97 Å². The van der Waals surface area contributed by atoms with Crippen LogP contribution in [0.25, 0.3) is 0 Å². The Bertz CT molecular complexity index is 603. The summed E-state index contributed by atoms with van der Waals surface area (Å²) < 4.78 is 14.4. The molecular formula is C14H15FN2O2. The summed E-state index contributed by atoms with van der Waals surface area (Å²) in [7, 11) is 1.69. The fourth-order valence-electron chi connectivity index (χ4n) is 2.03. The Labute approximate surface area is 110 Å². The summed E-state index contributed by atoms with van der Waals surface area (Å²) in [6, 6.07) is 6.20. The van der Waals surface area contributed by atoms with Gasteiger partial charge in [-0.2, -0.15) is 0 Å². The molecule has 4 nitrogen and oxygen atoms in total. The second kappa shape index (κ2) is 5.22. The summed E-state index contributed by atoms with van der Waals surface area (Å²) in [6.07, 6.45) is 1.16. The van der Waals surface area contributed by atoms with Gasteiger partial charge in [0.05, 0.1) is 5.69 Å². The largest absolute Gasteiger partial charge is 0.477 e. The van der Waals surface area contributed by atoms with Gasteiger partial charge < -0.3 is 9.67 Å². The summed E-state index contributed by atoms with van der Waals surface area (Å²) in [5, 5.41) is 9.18. The number of carbonyl (C=O) groups is 1. The van der Waals surface area contributed by atoms with Crippen LogP contribution in [0.15, 0.2) is 24.3 Å². The van der Waals surface area contributed by atoms with Gasteiger partial charge in [-0.15, -0.1) is 0 Å². The third-order valence-electron chi connectivity index (χ3n) is 3.16. The molecule has 19 heavy (non-hydrogen) atoms. The predicted molar refractivity (Wildman–Crippen MR) is 68.7 cm³/mol. The molecular weight excluding hydrogens is 247 g/mol. The number of carboxylic acid groups (broad SMARTS) is 1. The number of aromatic carboxylic acids is 1. The normalized spacial score (nSPS) is 10.7. The molecule has 1 N–H and O–H groups in total. The van der Waals surface area contributed by atoms with E-state index in [-0.39, 0.29) is 11.5 Å². The molecule has 0 fully saturated rings. The summed E-state index contributed by atoms with van der Waals surface area (Å²) >= 11 is 0. The maximum atomic E-state index is 12.8. The number of benzene rings is 1. The van der Waals surface area contributed by atoms with Gasteiger partial charge in [0.1, 0.15) is 17.3 Å². The lowest BCUT2D eigenvalue weighted by atomic mass is 10.1. The molecule has 0 aliphatic heterocycles. The minimum absolute atomic E-state index is 0.222. The highest BCUT2D eigenvalue weighted by Gasteiger charge is 2.18. The summed E-state index contributed by atoms with van der Waals surface area (Å²) in [6.45, 7) is 1.77. The quantitative estimate of drug-likeness (QED) is 0.920. The number of aromatic nitrogens is 2. The number of hydrogen-bond acceptors (Lipinski definition) is 2. The molecule has 100 valence electrons. The van der Waals surface area contributed by atoms with E-state index in [4.69, 9.17) is 0 Å². The first-order valence-electron chi connectivity index (χ1n) is 5.99. The van der Waals surface area contributed by atoms with Crippen molar-refractivity contribution in [2.45, 2.75) is 19.8 Å². The van der Waals surface area contributed by atoms with Crippen LogP contribution in [0.2, 0.25) is 0 Å². The zero-order valence-corrected chi connectivity index (χ0v) is 10.9. The average molecular weight is 262 g/mol. The molecule has 0 unspecified atom stereocenters. The average Bonchev–Trinajstić information content (AvgIpc) is 2.64. The molecule has 0 saturated carbocycles. The highest BCUT2D eigenvalue weighted by atomic mass is 19.1. The van der Waals surface area contributed by atoms with Crippen molar-refractivity contribution in [3.63, 3.8) is 0 Å². The fourth-order valence-corrected chi connectivity index (χ4v) is 2.03. The first-order valence-corrected chi connectivity index (χ1v) is 5.99. The van der Waals surface area contributed by atoms with Crippen LogP contribution in [0.3, 0.4) is 0 Å². The van der Waals surface area contributed by atoms with Gasteiger partial charge in [0.25, 0.3) is 0 Å². The molecule has 0 aliphatic carbocycles. The minimum Gasteiger partial charge on any atom is -0.477 e. The predicted octanol–water partition coefficient (Wildman–Crippen LogP) is 2.35. The number of carboxylic acids is 1. The number of hydrogen-bond donors (Lipinski definition) is 1. The van der Waals surface area contributed by atoms with Crippen LogP contribution in [0.4, 0.5) is 4.39 Å². The maximum Gasteiger partial charge on any atom is 0.354 e. The first-order chi connectivity index (χ1) is 8.99. The Kier molecular flexibility index (Phi) is 3.64. The van der Waals surface area contributed by atoms with Crippen LogP contribution in [-0.2, 0) is 19.9 Å². The number of aryl methyl sites for hydroxylation is 3. The maximum absolute atomic E-state index is 12.8. The molecule has 2 aromatic rings. The van der Waals surface area contributed by atoms with Gasteiger partial charge in [-0.3, -0.25) is 0 Å². The second-order valence-corrected chi connectivity index (χ2v) is 4.44. The number of halogens is 1. The lowest BCUT2D eigenvalue weighted by Crippen LogP contribution is -2.08. The molecule has 1 aromatic heterocycles. The van der Waals surface area contributed by atoms with E-state index in [2.05, 4.69) is 4.98 Å². The molecule has 0 aliphatic rings. The van der Waals surface area contributed by atoms with Crippen LogP contribution >= 0.6 is 0 Å². The van der Waals surface area contributed by atoms with E-state index >= 15 is 0 Å². The van der Waals surface area contributed by atoms with Crippen molar-refractivity contribution < 1.29 is 14.3 Å². The molecule has 0 bridgehead atoms. The van der Waals surface area contributed by atoms with Crippen molar-refractivity contribution in [3.05, 3.63) is 52.9 Å². The number of rotatable bonds is 4. The lowest BCUT2D eigenvalue weighted by Gasteiger charge is -2.02. The lowest BCUT2D eigenvalue weighted by molar-refractivity contribution is 0.0685. The Morgan fingerprint density at radius 2 is 1.95 bits per heavy atom. The van der Waals surface area contributed by atoms with E-state index in [0.717, 1.165) is 5.56 Å². The van der Waals surface area contributed by atoms with Crippen LogP contribution < -0.4 is 0 Å². The Hall–Kier alpha value is -2.17. The van der Waals surface area contributed by atoms with Crippen molar-refractivity contribution in [1.29, 1.82) is 0 Å². The smallest absolute Gasteiger partial charge is 0.354 e. The van der Waals surface area contributed by atoms with Gasteiger partial charge in [0.2, 0.25) is 0 Å². The molecule has 0 radical (unpaired) electrons. The molecule has 5 heteroatoms. The minimum atomic E-state index is -0.975. The van der Waals surface area contributed by atoms with E-state index in [1.165, 1.54) is 12.1 Å². The van der Waals surface area contributed by atoms with Crippen molar-refractivity contribution in [2.24, 2.45) is 7.05 Å². The van der Waals surface area contributed by atoms with Crippen LogP contribution in [0.1, 0.15) is 27.6 Å². The highest BCUT2D eigenvalue weighted by Crippen LogP contribution is 2.14. The van der Waals surface area contributed by atoms with Gasteiger partial charge in [0.15, 0.2) is 0 Å². The Balaban J connectivity index is 2.18. The standard InChI is InChI=1S/C14H15FN2O2/c1-9-16-12(13(14(18)19)17(9)2)8-5-10-3-6-11(15)7-4-10/h3-4,6-7H,5,8H2,1-2H3,(H,18,19). The van der Waals surface area contributed by atoms with E-state index in [9.17, 15) is 14.3 Å². The van der Waals surface area contributed by atoms with Gasteiger partial charge in [-0.25, -0.2) is 14.2 Å². The third kappa shape index (κ3) is 2.81. The summed E-state index contributed by atoms with van der Waals surface area (Å²) in [5.41, 5.74) is 1.75. The molecule has 0 saturated heterocycles. The van der Waals surface area contributed by atoms with Gasteiger partial charge in [-0.1, -0.05) is 12.1 Å². The summed E-state index contributed by atoms with van der Waals surface area (Å²) in [4.78, 5) is 15.5. The molecule has 1 heterocycles. The van der Waals surface area contributed by atoms with Crippen LogP contribution in [-0.4, -0.2) is 20.6 Å². The van der Waals surface area contributed by atoms with Crippen LogP contribution in [0, 0.1) is 12.7 Å². The van der Waals surface area contributed by atoms with Crippen molar-refractivity contribution in [1.82, 2.24) is 9.55 Å². The van der Waals surface area contributed by atoms with Gasteiger partial charge >= 0.3 is 5.97 Å². The number of nitrogens with zero attached hydrogens (tertiary/aromatic N) is 2. The topological polar surface area (TPSA) is 55.1 Å². The van der Waals surface area contributed by atoms with Gasteiger partial charge in [0, 0.05) is 7.05 Å². The van der Waals surface area contributed by atoms with Gasteiger partial charge in [-0.05, 0) is 37.5 Å². The zero-order chi connectivity index (χ0) is 14.0. The number of imidazole rings is 1. The van der Waals surface area contributed by atoms with Crippen LogP contribution in [0.5, 0.6) is 0 Å². The molecule has 2 rings (SSSR count). The fraction of sp³-hybridized carbons (Fsp3) is 0.286. The SMILES string of the molecule is Cc1nc(CCc2ccc(F)cc2)c(C(=O)O)n1C. The Morgan fingerprint density at radius 1 is 1.32 bits per heavy atom. The molecule has 0 amide bonds. The van der Waals surface area contributed by atoms with Crippen molar-refractivity contribution >= 4 is 5.97 Å². The molecule has 0 atom stereocenters.